The van der Waals surface area contributed by atoms with Crippen LogP contribution in [0.2, 0.25) is 0 Å². The van der Waals surface area contributed by atoms with Crippen LogP contribution in [-0.4, -0.2) is 10.4 Å². The minimum atomic E-state index is -0.198. The van der Waals surface area contributed by atoms with E-state index in [1.165, 1.54) is 58.8 Å². The number of amidine groups is 1. The Bertz CT molecular complexity index is 2400. The maximum atomic E-state index is 5.18. The van der Waals surface area contributed by atoms with E-state index in [0.29, 0.717) is 0 Å². The van der Waals surface area contributed by atoms with Gasteiger partial charge in [-0.2, -0.15) is 0 Å². The van der Waals surface area contributed by atoms with E-state index >= 15 is 0 Å². The first-order chi connectivity index (χ1) is 22.2. The lowest BCUT2D eigenvalue weighted by atomic mass is 10.0. The van der Waals surface area contributed by atoms with Crippen molar-refractivity contribution in [2.24, 2.45) is 4.99 Å². The summed E-state index contributed by atoms with van der Waals surface area (Å²) in [6, 6.07) is 49.9. The van der Waals surface area contributed by atoms with E-state index in [1.54, 1.807) is 0 Å². The van der Waals surface area contributed by atoms with Crippen LogP contribution in [0.25, 0.3) is 47.7 Å². The van der Waals surface area contributed by atoms with E-state index in [-0.39, 0.29) is 12.3 Å². The maximum Gasteiger partial charge on any atom is 0.131 e. The SMILES string of the molecule is Cc1cc(C2N=C(c3ccccc3)NC(c3ccccc3)N2)ccc1-n1c2ccccc2c2c3sc4ccccc4c3ccc21. The molecule has 1 aliphatic heterocycles. The molecule has 4 nitrogen and oxygen atoms in total. The van der Waals surface area contributed by atoms with Gasteiger partial charge < -0.3 is 9.88 Å². The number of aromatic nitrogens is 1. The lowest BCUT2D eigenvalue weighted by Crippen LogP contribution is -2.44. The van der Waals surface area contributed by atoms with Crippen molar-refractivity contribution in [3.8, 4) is 5.69 Å². The lowest BCUT2D eigenvalue weighted by Gasteiger charge is -2.32. The average Bonchev–Trinajstić information content (AvgIpc) is 3.65. The molecular weight excluding hydrogens is 569 g/mol. The average molecular weight is 599 g/mol. The van der Waals surface area contributed by atoms with Crippen LogP contribution in [0.5, 0.6) is 0 Å². The maximum absolute atomic E-state index is 5.18. The van der Waals surface area contributed by atoms with Gasteiger partial charge in [-0.15, -0.1) is 11.3 Å². The number of nitrogens with zero attached hydrogens (tertiary/aromatic N) is 2. The van der Waals surface area contributed by atoms with Crippen molar-refractivity contribution in [3.63, 3.8) is 0 Å². The molecule has 0 bridgehead atoms. The molecule has 216 valence electrons. The number of nitrogens with one attached hydrogen (secondary N) is 2. The minimum Gasteiger partial charge on any atom is -0.350 e. The van der Waals surface area contributed by atoms with Crippen LogP contribution >= 0.6 is 11.3 Å². The van der Waals surface area contributed by atoms with E-state index < -0.39 is 0 Å². The van der Waals surface area contributed by atoms with Gasteiger partial charge in [0.15, 0.2) is 0 Å². The van der Waals surface area contributed by atoms with Gasteiger partial charge in [0, 0.05) is 42.2 Å². The third-order valence-electron chi connectivity index (χ3n) is 9.00. The molecule has 0 amide bonds. The van der Waals surface area contributed by atoms with Crippen LogP contribution in [-0.2, 0) is 0 Å². The van der Waals surface area contributed by atoms with Crippen molar-refractivity contribution in [1.82, 2.24) is 15.2 Å². The third kappa shape index (κ3) is 4.27. The highest BCUT2D eigenvalue weighted by Crippen LogP contribution is 2.43. The summed E-state index contributed by atoms with van der Waals surface area (Å²) in [5, 5.41) is 12.7. The van der Waals surface area contributed by atoms with Crippen molar-refractivity contribution in [1.29, 1.82) is 0 Å². The molecule has 0 fully saturated rings. The Balaban J connectivity index is 1.19. The molecule has 2 unspecified atom stereocenters. The van der Waals surface area contributed by atoms with Gasteiger partial charge in [-0.1, -0.05) is 115 Å². The largest absolute Gasteiger partial charge is 0.350 e. The number of fused-ring (bicyclic) bond motifs is 7. The molecule has 0 saturated heterocycles. The van der Waals surface area contributed by atoms with Gasteiger partial charge in [-0.3, -0.25) is 5.32 Å². The van der Waals surface area contributed by atoms with Crippen molar-refractivity contribution < 1.29 is 0 Å². The van der Waals surface area contributed by atoms with E-state index in [4.69, 9.17) is 4.99 Å². The number of rotatable bonds is 4. The van der Waals surface area contributed by atoms with Gasteiger partial charge in [-0.25, -0.2) is 4.99 Å². The molecule has 2 aromatic heterocycles. The fraction of sp³-hybridized carbons (Fsp3) is 0.0750. The zero-order valence-corrected chi connectivity index (χ0v) is 25.6. The second kappa shape index (κ2) is 10.4. The summed E-state index contributed by atoms with van der Waals surface area (Å²) >= 11 is 1.89. The second-order valence-electron chi connectivity index (χ2n) is 11.7. The summed E-state index contributed by atoms with van der Waals surface area (Å²) in [6.07, 6.45) is -0.263. The number of thiophene rings is 1. The summed E-state index contributed by atoms with van der Waals surface area (Å²) in [7, 11) is 0. The molecule has 45 heavy (non-hydrogen) atoms. The quantitative estimate of drug-likeness (QED) is 0.212. The van der Waals surface area contributed by atoms with E-state index in [1.807, 2.05) is 17.4 Å². The highest BCUT2D eigenvalue weighted by atomic mass is 32.1. The van der Waals surface area contributed by atoms with Gasteiger partial charge in [0.05, 0.1) is 11.0 Å². The van der Waals surface area contributed by atoms with Gasteiger partial charge >= 0.3 is 0 Å². The summed E-state index contributed by atoms with van der Waals surface area (Å²) in [4.78, 5) is 5.18. The molecule has 2 atom stereocenters. The van der Waals surface area contributed by atoms with Crippen LogP contribution < -0.4 is 10.6 Å². The van der Waals surface area contributed by atoms with E-state index in [2.05, 4.69) is 156 Å². The van der Waals surface area contributed by atoms with Crippen molar-refractivity contribution in [2.45, 2.75) is 19.3 Å². The molecule has 0 spiro atoms. The van der Waals surface area contributed by atoms with Crippen molar-refractivity contribution in [2.75, 3.05) is 0 Å². The van der Waals surface area contributed by atoms with Gasteiger partial charge in [-0.05, 0) is 47.9 Å². The zero-order chi connectivity index (χ0) is 29.9. The molecular formula is C40H30N4S. The Kier molecular flexibility index (Phi) is 6.08. The van der Waals surface area contributed by atoms with Gasteiger partial charge in [0.25, 0.3) is 0 Å². The Hall–Kier alpha value is -5.23. The number of aliphatic imine (C=N–C) groups is 1. The fourth-order valence-corrected chi connectivity index (χ4v) is 8.14. The lowest BCUT2D eigenvalue weighted by molar-refractivity contribution is 0.409. The van der Waals surface area contributed by atoms with Crippen LogP contribution in [0.15, 0.2) is 145 Å². The molecule has 5 heteroatoms. The first-order valence-corrected chi connectivity index (χ1v) is 16.2. The van der Waals surface area contributed by atoms with Gasteiger partial charge in [0.2, 0.25) is 0 Å². The Morgan fingerprint density at radius 3 is 2.20 bits per heavy atom. The number of para-hydroxylation sites is 1. The normalized spacial score (nSPS) is 16.8. The van der Waals surface area contributed by atoms with E-state index in [0.717, 1.165) is 17.0 Å². The minimum absolute atomic E-state index is 0.0649. The number of hydrogen-bond donors (Lipinski definition) is 2. The molecule has 9 rings (SSSR count). The second-order valence-corrected chi connectivity index (χ2v) is 12.8. The molecule has 0 aliphatic carbocycles. The Labute approximate surface area is 265 Å². The zero-order valence-electron chi connectivity index (χ0n) is 24.7. The Morgan fingerprint density at radius 2 is 1.38 bits per heavy atom. The first kappa shape index (κ1) is 26.2. The third-order valence-corrected chi connectivity index (χ3v) is 10.2. The molecule has 0 radical (unpaired) electrons. The number of benzene rings is 6. The van der Waals surface area contributed by atoms with Crippen molar-refractivity contribution >= 4 is 59.2 Å². The van der Waals surface area contributed by atoms with Crippen LogP contribution in [0, 0.1) is 6.92 Å². The summed E-state index contributed by atoms with van der Waals surface area (Å²) in [5.41, 5.74) is 8.25. The predicted molar refractivity (Wildman–Crippen MR) is 190 cm³/mol. The van der Waals surface area contributed by atoms with Crippen LogP contribution in [0.3, 0.4) is 0 Å². The van der Waals surface area contributed by atoms with Crippen LogP contribution in [0.1, 0.15) is 34.6 Å². The fourth-order valence-electron chi connectivity index (χ4n) is 6.88. The highest BCUT2D eigenvalue weighted by molar-refractivity contribution is 7.26. The monoisotopic (exact) mass is 598 g/mol. The highest BCUT2D eigenvalue weighted by Gasteiger charge is 2.26. The summed E-state index contributed by atoms with van der Waals surface area (Å²) < 4.78 is 5.12. The number of hydrogen-bond acceptors (Lipinski definition) is 4. The summed E-state index contributed by atoms with van der Waals surface area (Å²) in [6.45, 7) is 2.22. The van der Waals surface area contributed by atoms with Crippen LogP contribution in [0.4, 0.5) is 0 Å². The van der Waals surface area contributed by atoms with Gasteiger partial charge in [0.1, 0.15) is 18.2 Å². The van der Waals surface area contributed by atoms with E-state index in [9.17, 15) is 0 Å². The summed E-state index contributed by atoms with van der Waals surface area (Å²) in [5.74, 6) is 0.893. The smallest absolute Gasteiger partial charge is 0.131 e. The standard InChI is InChI=1S/C40H30N4S/c1-25-24-28(40-42-38(26-12-4-2-5-13-26)41-39(43-40)27-14-6-3-7-15-27)20-22-32(25)44-33-18-10-8-17-31(33)36-34(44)23-21-30-29-16-9-11-19-35(29)45-37(30)36/h2-24,38,40,42H,1H3,(H,41,43). The number of aryl methyl sites for hydroxylation is 1. The molecule has 3 heterocycles. The predicted octanol–water partition coefficient (Wildman–Crippen LogP) is 9.80. The molecule has 8 aromatic rings. The molecule has 0 saturated carbocycles. The van der Waals surface area contributed by atoms with Crippen molar-refractivity contribution in [3.05, 3.63) is 162 Å². The molecule has 6 aromatic carbocycles. The first-order valence-electron chi connectivity index (χ1n) is 15.4. The molecule has 2 N–H and O–H groups in total. The topological polar surface area (TPSA) is 41.4 Å². The Morgan fingerprint density at radius 1 is 0.644 bits per heavy atom. The molecule has 1 aliphatic rings.